The molecule has 0 saturated carbocycles. The molecule has 0 aromatic heterocycles. The molecule has 3 rings (SSSR count). The molecule has 0 spiro atoms. The first-order valence-electron chi connectivity index (χ1n) is 9.97. The van der Waals surface area contributed by atoms with E-state index in [2.05, 4.69) is 4.72 Å². The van der Waals surface area contributed by atoms with Gasteiger partial charge >= 0.3 is 0 Å². The van der Waals surface area contributed by atoms with Crippen molar-refractivity contribution in [2.24, 2.45) is 0 Å². The van der Waals surface area contributed by atoms with Gasteiger partial charge in [-0.15, -0.1) is 0 Å². The zero-order valence-electron chi connectivity index (χ0n) is 19.2. The molecule has 0 aliphatic heterocycles. The molecular weight excluding hydrogens is 487 g/mol. The maximum absolute atomic E-state index is 15.1. The highest BCUT2D eigenvalue weighted by atomic mass is 32.2. The molecule has 0 saturated heterocycles. The summed E-state index contributed by atoms with van der Waals surface area (Å²) in [5, 5.41) is 0. The number of halogens is 3. The van der Waals surface area contributed by atoms with Gasteiger partial charge in [0, 0.05) is 5.56 Å². The van der Waals surface area contributed by atoms with E-state index in [-0.39, 0.29) is 11.3 Å². The first kappa shape index (κ1) is 25.8. The average molecular weight is 510 g/mol. The fourth-order valence-corrected chi connectivity index (χ4v) is 4.29. The SMILES string of the molecule is COc1ccc(C=Cc2cc(OC)c(OC)c(OC)c2)c(NS(=O)(=O)c2ccc(F)c(F)c2)c1F. The summed E-state index contributed by atoms with van der Waals surface area (Å²) in [7, 11) is 1.11. The third kappa shape index (κ3) is 5.46. The van der Waals surface area contributed by atoms with Gasteiger partial charge in [-0.3, -0.25) is 4.72 Å². The summed E-state index contributed by atoms with van der Waals surface area (Å²) in [6.45, 7) is 0. The molecule has 0 unspecified atom stereocenters. The summed E-state index contributed by atoms with van der Waals surface area (Å²) in [5.74, 6) is -2.66. The minimum Gasteiger partial charge on any atom is -0.494 e. The molecule has 35 heavy (non-hydrogen) atoms. The number of rotatable bonds is 9. The Kier molecular flexibility index (Phi) is 7.80. The predicted octanol–water partition coefficient (Wildman–Crippen LogP) is 5.11. The van der Waals surface area contributed by atoms with Crippen molar-refractivity contribution in [3.8, 4) is 23.0 Å². The molecule has 0 amide bonds. The smallest absolute Gasteiger partial charge is 0.262 e. The van der Waals surface area contributed by atoms with Gasteiger partial charge in [0.1, 0.15) is 0 Å². The van der Waals surface area contributed by atoms with E-state index in [1.807, 2.05) is 0 Å². The fourth-order valence-electron chi connectivity index (χ4n) is 3.19. The third-order valence-electron chi connectivity index (χ3n) is 4.94. The van der Waals surface area contributed by atoms with Crippen molar-refractivity contribution in [3.63, 3.8) is 0 Å². The lowest BCUT2D eigenvalue weighted by molar-refractivity contribution is 0.324. The minimum atomic E-state index is -4.48. The standard InChI is InChI=1S/C24H22F3NO6S/c1-31-19-10-7-15(6-5-14-11-20(32-2)24(34-4)21(12-14)33-3)23(22(19)27)28-35(29,30)16-8-9-17(25)18(26)13-16/h5-13,28H,1-4H3. The van der Waals surface area contributed by atoms with Crippen molar-refractivity contribution in [3.05, 3.63) is 71.0 Å². The van der Waals surface area contributed by atoms with E-state index >= 15 is 4.39 Å². The van der Waals surface area contributed by atoms with E-state index in [0.717, 1.165) is 6.07 Å². The number of benzene rings is 3. The maximum atomic E-state index is 15.1. The summed E-state index contributed by atoms with van der Waals surface area (Å²) in [6, 6.07) is 8.06. The summed E-state index contributed by atoms with van der Waals surface area (Å²) in [4.78, 5) is -0.585. The van der Waals surface area contributed by atoms with Gasteiger partial charge in [0.25, 0.3) is 10.0 Å². The number of methoxy groups -OCH3 is 4. The number of nitrogens with one attached hydrogen (secondary N) is 1. The van der Waals surface area contributed by atoms with Gasteiger partial charge in [-0.05, 0) is 48.0 Å². The van der Waals surface area contributed by atoms with Crippen LogP contribution in [0.15, 0.2) is 47.4 Å². The van der Waals surface area contributed by atoms with Crippen LogP contribution in [0.2, 0.25) is 0 Å². The van der Waals surface area contributed by atoms with Crippen molar-refractivity contribution >= 4 is 27.9 Å². The molecule has 3 aromatic rings. The van der Waals surface area contributed by atoms with E-state index in [1.165, 1.54) is 46.6 Å². The molecular formula is C24H22F3NO6S. The van der Waals surface area contributed by atoms with Gasteiger partial charge < -0.3 is 18.9 Å². The van der Waals surface area contributed by atoms with Crippen molar-refractivity contribution in [2.45, 2.75) is 4.90 Å². The zero-order valence-corrected chi connectivity index (χ0v) is 20.0. The largest absolute Gasteiger partial charge is 0.494 e. The number of hydrogen-bond acceptors (Lipinski definition) is 6. The summed E-state index contributed by atoms with van der Waals surface area (Å²) < 4.78 is 90.5. The zero-order chi connectivity index (χ0) is 25.8. The Balaban J connectivity index is 2.07. The molecule has 11 heteroatoms. The van der Waals surface area contributed by atoms with E-state index < -0.39 is 38.1 Å². The molecule has 0 atom stereocenters. The lowest BCUT2D eigenvalue weighted by Gasteiger charge is -2.15. The number of anilines is 1. The Labute approximate surface area is 200 Å². The van der Waals surface area contributed by atoms with Crippen LogP contribution in [0.25, 0.3) is 12.2 Å². The van der Waals surface area contributed by atoms with Crippen LogP contribution in [0, 0.1) is 17.5 Å². The van der Waals surface area contributed by atoms with Gasteiger partial charge in [-0.1, -0.05) is 12.2 Å². The second kappa shape index (κ2) is 10.6. The Morgan fingerprint density at radius 3 is 1.91 bits per heavy atom. The normalized spacial score (nSPS) is 11.4. The topological polar surface area (TPSA) is 83.1 Å². The van der Waals surface area contributed by atoms with Crippen LogP contribution in [0.1, 0.15) is 11.1 Å². The van der Waals surface area contributed by atoms with Crippen LogP contribution < -0.4 is 23.7 Å². The van der Waals surface area contributed by atoms with E-state index in [0.29, 0.717) is 34.9 Å². The van der Waals surface area contributed by atoms with Crippen LogP contribution in [0.4, 0.5) is 18.9 Å². The fraction of sp³-hybridized carbons (Fsp3) is 0.167. The Morgan fingerprint density at radius 1 is 0.743 bits per heavy atom. The van der Waals surface area contributed by atoms with Crippen molar-refractivity contribution in [1.82, 2.24) is 0 Å². The Hall–Kier alpha value is -3.86. The van der Waals surface area contributed by atoms with Crippen LogP contribution in [0.3, 0.4) is 0 Å². The quantitative estimate of drug-likeness (QED) is 0.404. The number of ether oxygens (including phenoxy) is 4. The van der Waals surface area contributed by atoms with Crippen LogP contribution >= 0.6 is 0 Å². The Morgan fingerprint density at radius 2 is 1.37 bits per heavy atom. The molecule has 3 aromatic carbocycles. The van der Waals surface area contributed by atoms with E-state index in [1.54, 1.807) is 18.2 Å². The number of sulfonamides is 1. The third-order valence-corrected chi connectivity index (χ3v) is 6.29. The van der Waals surface area contributed by atoms with Crippen LogP contribution in [-0.2, 0) is 10.0 Å². The molecule has 0 bridgehead atoms. The first-order chi connectivity index (χ1) is 16.6. The highest BCUT2D eigenvalue weighted by Crippen LogP contribution is 2.39. The van der Waals surface area contributed by atoms with Gasteiger partial charge in [-0.25, -0.2) is 21.6 Å². The van der Waals surface area contributed by atoms with E-state index in [9.17, 15) is 17.2 Å². The first-order valence-corrected chi connectivity index (χ1v) is 11.5. The summed E-state index contributed by atoms with van der Waals surface area (Å²) >= 11 is 0. The average Bonchev–Trinajstić information content (AvgIpc) is 2.85. The van der Waals surface area contributed by atoms with E-state index in [4.69, 9.17) is 18.9 Å². The van der Waals surface area contributed by atoms with Crippen molar-refractivity contribution in [2.75, 3.05) is 33.2 Å². The lowest BCUT2D eigenvalue weighted by Crippen LogP contribution is -2.15. The summed E-state index contributed by atoms with van der Waals surface area (Å²) in [6.07, 6.45) is 3.02. The predicted molar refractivity (Wildman–Crippen MR) is 125 cm³/mol. The highest BCUT2D eigenvalue weighted by molar-refractivity contribution is 7.92. The van der Waals surface area contributed by atoms with Crippen molar-refractivity contribution in [1.29, 1.82) is 0 Å². The monoisotopic (exact) mass is 509 g/mol. The van der Waals surface area contributed by atoms with Gasteiger partial charge in [0.2, 0.25) is 5.75 Å². The molecule has 0 aliphatic rings. The van der Waals surface area contributed by atoms with Gasteiger partial charge in [0.15, 0.2) is 34.7 Å². The molecule has 0 heterocycles. The van der Waals surface area contributed by atoms with Crippen molar-refractivity contribution < 1.29 is 40.5 Å². The van der Waals surface area contributed by atoms with Crippen LogP contribution in [0.5, 0.6) is 23.0 Å². The maximum Gasteiger partial charge on any atom is 0.262 e. The molecule has 0 fully saturated rings. The van der Waals surface area contributed by atoms with Gasteiger partial charge in [-0.2, -0.15) is 0 Å². The lowest BCUT2D eigenvalue weighted by atomic mass is 10.1. The van der Waals surface area contributed by atoms with Crippen LogP contribution in [-0.4, -0.2) is 36.9 Å². The second-order valence-corrected chi connectivity index (χ2v) is 8.70. The Bertz CT molecular complexity index is 1350. The number of hydrogen-bond donors (Lipinski definition) is 1. The highest BCUT2D eigenvalue weighted by Gasteiger charge is 2.22. The minimum absolute atomic E-state index is 0.128. The summed E-state index contributed by atoms with van der Waals surface area (Å²) in [5.41, 5.74) is 0.256. The molecule has 0 radical (unpaired) electrons. The second-order valence-electron chi connectivity index (χ2n) is 7.02. The molecule has 1 N–H and O–H groups in total. The van der Waals surface area contributed by atoms with Gasteiger partial charge in [0.05, 0.1) is 39.0 Å². The molecule has 186 valence electrons. The molecule has 7 nitrogen and oxygen atoms in total. The molecule has 0 aliphatic carbocycles.